The summed E-state index contributed by atoms with van der Waals surface area (Å²) in [6, 6.07) is 2.02. The van der Waals surface area contributed by atoms with E-state index in [1.54, 1.807) is 11.3 Å². The molecule has 0 saturated carbocycles. The van der Waals surface area contributed by atoms with Crippen molar-refractivity contribution in [1.82, 2.24) is 4.90 Å². The molecule has 90 valence electrons. The molecule has 0 unspecified atom stereocenters. The molecule has 1 amide bonds. The zero-order valence-electron chi connectivity index (χ0n) is 9.62. The Morgan fingerprint density at radius 2 is 2.31 bits per heavy atom. The van der Waals surface area contributed by atoms with Crippen LogP contribution in [-0.2, 0) is 11.2 Å². The first-order chi connectivity index (χ1) is 7.77. The fourth-order valence-corrected chi connectivity index (χ4v) is 2.59. The SMILES string of the molecule is CCCCN(CCBr)C(=O)Cc1ccsc1. The van der Waals surface area contributed by atoms with E-state index in [9.17, 15) is 4.79 Å². The lowest BCUT2D eigenvalue weighted by molar-refractivity contribution is -0.130. The van der Waals surface area contributed by atoms with E-state index in [-0.39, 0.29) is 5.91 Å². The van der Waals surface area contributed by atoms with Crippen LogP contribution in [0.25, 0.3) is 0 Å². The van der Waals surface area contributed by atoms with E-state index in [0.29, 0.717) is 6.42 Å². The average molecular weight is 304 g/mol. The summed E-state index contributed by atoms with van der Waals surface area (Å²) >= 11 is 5.04. The molecule has 0 bridgehead atoms. The minimum absolute atomic E-state index is 0.242. The number of thiophene rings is 1. The summed E-state index contributed by atoms with van der Waals surface area (Å²) in [5.74, 6) is 0.242. The third-order valence-corrected chi connectivity index (χ3v) is 3.51. The standard InChI is InChI=1S/C12H18BrNOS/c1-2-3-6-14(7-5-13)12(15)9-11-4-8-16-10-11/h4,8,10H,2-3,5-7,9H2,1H3. The first kappa shape index (κ1) is 13.7. The minimum atomic E-state index is 0.242. The summed E-state index contributed by atoms with van der Waals surface area (Å²) in [5.41, 5.74) is 1.13. The van der Waals surface area contributed by atoms with Crippen LogP contribution < -0.4 is 0 Å². The molecule has 1 heterocycles. The molecular formula is C12H18BrNOS. The summed E-state index contributed by atoms with van der Waals surface area (Å²) < 4.78 is 0. The third-order valence-electron chi connectivity index (χ3n) is 2.42. The molecule has 1 rings (SSSR count). The van der Waals surface area contributed by atoms with Gasteiger partial charge in [-0.25, -0.2) is 0 Å². The molecule has 0 fully saturated rings. The van der Waals surface area contributed by atoms with Crippen molar-refractivity contribution in [2.45, 2.75) is 26.2 Å². The van der Waals surface area contributed by atoms with E-state index < -0.39 is 0 Å². The van der Waals surface area contributed by atoms with Crippen LogP contribution in [0.4, 0.5) is 0 Å². The first-order valence-corrected chi connectivity index (χ1v) is 7.69. The maximum Gasteiger partial charge on any atom is 0.227 e. The van der Waals surface area contributed by atoms with Crippen molar-refractivity contribution in [3.05, 3.63) is 22.4 Å². The van der Waals surface area contributed by atoms with Crippen molar-refractivity contribution in [3.8, 4) is 0 Å². The number of alkyl halides is 1. The first-order valence-electron chi connectivity index (χ1n) is 5.62. The monoisotopic (exact) mass is 303 g/mol. The number of carbonyl (C=O) groups is 1. The van der Waals surface area contributed by atoms with Gasteiger partial charge in [-0.3, -0.25) is 4.79 Å². The molecule has 0 atom stereocenters. The lowest BCUT2D eigenvalue weighted by Crippen LogP contribution is -2.34. The van der Waals surface area contributed by atoms with Gasteiger partial charge in [0.15, 0.2) is 0 Å². The lowest BCUT2D eigenvalue weighted by Gasteiger charge is -2.21. The van der Waals surface area contributed by atoms with Gasteiger partial charge in [0.25, 0.3) is 0 Å². The maximum atomic E-state index is 12.0. The number of amides is 1. The van der Waals surface area contributed by atoms with Crippen LogP contribution in [0.15, 0.2) is 16.8 Å². The van der Waals surface area contributed by atoms with Crippen molar-refractivity contribution in [3.63, 3.8) is 0 Å². The smallest absolute Gasteiger partial charge is 0.227 e. The Morgan fingerprint density at radius 3 is 2.88 bits per heavy atom. The number of nitrogens with zero attached hydrogens (tertiary/aromatic N) is 1. The molecule has 1 aromatic rings. The van der Waals surface area contributed by atoms with Crippen molar-refractivity contribution >= 4 is 33.2 Å². The Bertz CT molecular complexity index is 300. The molecule has 2 nitrogen and oxygen atoms in total. The molecule has 16 heavy (non-hydrogen) atoms. The molecule has 0 radical (unpaired) electrons. The highest BCUT2D eigenvalue weighted by Gasteiger charge is 2.12. The molecule has 1 aromatic heterocycles. The Labute approximate surface area is 110 Å². The van der Waals surface area contributed by atoms with Crippen LogP contribution >= 0.6 is 27.3 Å². The van der Waals surface area contributed by atoms with Gasteiger partial charge in [-0.2, -0.15) is 11.3 Å². The van der Waals surface area contributed by atoms with E-state index in [1.165, 1.54) is 0 Å². The lowest BCUT2D eigenvalue weighted by atomic mass is 10.2. The molecule has 0 N–H and O–H groups in total. The second kappa shape index (κ2) is 7.85. The van der Waals surface area contributed by atoms with Crippen LogP contribution in [0.5, 0.6) is 0 Å². The van der Waals surface area contributed by atoms with Crippen LogP contribution in [0, 0.1) is 0 Å². The molecular weight excluding hydrogens is 286 g/mol. The number of halogens is 1. The van der Waals surface area contributed by atoms with Gasteiger partial charge in [-0.1, -0.05) is 29.3 Å². The highest BCUT2D eigenvalue weighted by molar-refractivity contribution is 9.09. The summed E-state index contributed by atoms with van der Waals surface area (Å²) in [7, 11) is 0. The second-order valence-electron chi connectivity index (χ2n) is 3.73. The average Bonchev–Trinajstić information content (AvgIpc) is 2.76. The Balaban J connectivity index is 2.46. The van der Waals surface area contributed by atoms with Crippen LogP contribution in [0.3, 0.4) is 0 Å². The van der Waals surface area contributed by atoms with Crippen molar-refractivity contribution < 1.29 is 4.79 Å². The maximum absolute atomic E-state index is 12.0. The number of hydrogen-bond donors (Lipinski definition) is 0. The highest BCUT2D eigenvalue weighted by Crippen LogP contribution is 2.09. The topological polar surface area (TPSA) is 20.3 Å². The predicted octanol–water partition coefficient (Wildman–Crippen LogP) is 3.31. The van der Waals surface area contributed by atoms with E-state index in [0.717, 1.165) is 36.8 Å². The predicted molar refractivity (Wildman–Crippen MR) is 73.3 cm³/mol. The second-order valence-corrected chi connectivity index (χ2v) is 5.30. The van der Waals surface area contributed by atoms with E-state index in [1.807, 2.05) is 21.7 Å². The van der Waals surface area contributed by atoms with Crippen molar-refractivity contribution in [2.24, 2.45) is 0 Å². The number of carbonyl (C=O) groups excluding carboxylic acids is 1. The zero-order valence-corrected chi connectivity index (χ0v) is 12.0. The van der Waals surface area contributed by atoms with Gasteiger partial charge in [0, 0.05) is 18.4 Å². The fourth-order valence-electron chi connectivity index (χ4n) is 1.49. The van der Waals surface area contributed by atoms with E-state index in [2.05, 4.69) is 22.9 Å². The van der Waals surface area contributed by atoms with Gasteiger partial charge in [-0.05, 0) is 28.8 Å². The summed E-state index contributed by atoms with van der Waals surface area (Å²) in [6.07, 6.45) is 2.76. The molecule has 0 saturated heterocycles. The highest BCUT2D eigenvalue weighted by atomic mass is 79.9. The normalized spacial score (nSPS) is 10.4. The number of hydrogen-bond acceptors (Lipinski definition) is 2. The van der Waals surface area contributed by atoms with E-state index in [4.69, 9.17) is 0 Å². The Kier molecular flexibility index (Phi) is 6.73. The summed E-state index contributed by atoms with van der Waals surface area (Å²) in [5, 5.41) is 4.92. The van der Waals surface area contributed by atoms with Crippen LogP contribution in [0.1, 0.15) is 25.3 Å². The molecule has 0 spiro atoms. The van der Waals surface area contributed by atoms with Gasteiger partial charge in [0.2, 0.25) is 5.91 Å². The molecule has 0 aromatic carbocycles. The van der Waals surface area contributed by atoms with Gasteiger partial charge in [0.05, 0.1) is 6.42 Å². The summed E-state index contributed by atoms with van der Waals surface area (Å²) in [4.78, 5) is 14.0. The van der Waals surface area contributed by atoms with Crippen LogP contribution in [-0.4, -0.2) is 29.2 Å². The molecule has 0 aliphatic carbocycles. The molecule has 0 aliphatic heterocycles. The minimum Gasteiger partial charge on any atom is -0.342 e. The number of unbranched alkanes of at least 4 members (excludes halogenated alkanes) is 1. The fraction of sp³-hybridized carbons (Fsp3) is 0.583. The zero-order chi connectivity index (χ0) is 11.8. The largest absolute Gasteiger partial charge is 0.342 e. The van der Waals surface area contributed by atoms with Gasteiger partial charge in [0.1, 0.15) is 0 Å². The van der Waals surface area contributed by atoms with Crippen molar-refractivity contribution in [2.75, 3.05) is 18.4 Å². The Morgan fingerprint density at radius 1 is 1.50 bits per heavy atom. The Hall–Kier alpha value is -0.350. The quantitative estimate of drug-likeness (QED) is 0.708. The third kappa shape index (κ3) is 4.66. The summed E-state index contributed by atoms with van der Waals surface area (Å²) in [6.45, 7) is 3.84. The van der Waals surface area contributed by atoms with E-state index >= 15 is 0 Å². The van der Waals surface area contributed by atoms with Gasteiger partial charge >= 0.3 is 0 Å². The molecule has 4 heteroatoms. The van der Waals surface area contributed by atoms with Crippen molar-refractivity contribution in [1.29, 1.82) is 0 Å². The van der Waals surface area contributed by atoms with Gasteiger partial charge in [-0.15, -0.1) is 0 Å². The van der Waals surface area contributed by atoms with Crippen LogP contribution in [0.2, 0.25) is 0 Å². The number of rotatable bonds is 7. The van der Waals surface area contributed by atoms with Gasteiger partial charge < -0.3 is 4.90 Å². The molecule has 0 aliphatic rings.